The first kappa shape index (κ1) is 32.3. The summed E-state index contributed by atoms with van der Waals surface area (Å²) in [5.41, 5.74) is 11.8. The Kier molecular flexibility index (Phi) is 7.41. The molecule has 11 rings (SSSR count). The second-order valence-corrected chi connectivity index (χ2v) is 14.1. The van der Waals surface area contributed by atoms with Crippen molar-refractivity contribution in [2.75, 3.05) is 19.8 Å². The highest BCUT2D eigenvalue weighted by atomic mass is 16.5. The molecule has 0 aliphatic heterocycles. The lowest BCUT2D eigenvalue weighted by Gasteiger charge is -2.57. The van der Waals surface area contributed by atoms with Gasteiger partial charge in [0.25, 0.3) is 0 Å². The van der Waals surface area contributed by atoms with Crippen LogP contribution in [-0.4, -0.2) is 29.4 Å². The van der Waals surface area contributed by atoms with Gasteiger partial charge >= 0.3 is 0 Å². The predicted octanol–water partition coefficient (Wildman–Crippen LogP) is 10.8. The molecule has 5 heteroatoms. The highest BCUT2D eigenvalue weighted by Gasteiger charge is 2.60. The Morgan fingerprint density at radius 1 is 0.463 bits per heavy atom. The summed E-state index contributed by atoms with van der Waals surface area (Å²) < 4.78 is 21.2. The van der Waals surface area contributed by atoms with Gasteiger partial charge in [0.05, 0.1) is 41.7 Å². The maximum absolute atomic E-state index is 6.29. The summed E-state index contributed by atoms with van der Waals surface area (Å²) in [7, 11) is 0. The average molecular weight is 705 g/mol. The largest absolute Gasteiger partial charge is 0.494 e. The van der Waals surface area contributed by atoms with E-state index in [2.05, 4.69) is 149 Å². The third-order valence-electron chi connectivity index (χ3n) is 11.6. The summed E-state index contributed by atoms with van der Waals surface area (Å²) in [6.07, 6.45) is 3.85. The molecular formula is C49H40N2O3. The van der Waals surface area contributed by atoms with Crippen molar-refractivity contribution in [3.05, 3.63) is 196 Å². The zero-order chi connectivity index (χ0) is 36.4. The second kappa shape index (κ2) is 12.4. The number of rotatable bonds is 9. The Morgan fingerprint density at radius 3 is 1.50 bits per heavy atom. The Balaban J connectivity index is 1.32. The minimum atomic E-state index is -0.690. The monoisotopic (exact) mass is 704 g/mol. The molecule has 0 fully saturated rings. The van der Waals surface area contributed by atoms with Crippen LogP contribution in [0.15, 0.2) is 152 Å². The number of ether oxygens (including phenoxy) is 3. The lowest BCUT2D eigenvalue weighted by molar-refractivity contribution is 0.336. The van der Waals surface area contributed by atoms with E-state index in [-0.39, 0.29) is 0 Å². The van der Waals surface area contributed by atoms with Crippen LogP contribution < -0.4 is 14.2 Å². The second-order valence-electron chi connectivity index (χ2n) is 14.1. The van der Waals surface area contributed by atoms with Crippen LogP contribution in [0.2, 0.25) is 0 Å². The van der Waals surface area contributed by atoms with Crippen molar-refractivity contribution in [3.8, 4) is 22.9 Å². The molecule has 8 aromatic rings. The first-order valence-electron chi connectivity index (χ1n) is 19.0. The Labute approximate surface area is 315 Å². The summed E-state index contributed by atoms with van der Waals surface area (Å²) >= 11 is 0. The van der Waals surface area contributed by atoms with Crippen molar-refractivity contribution in [3.63, 3.8) is 0 Å². The van der Waals surface area contributed by atoms with Crippen LogP contribution in [-0.2, 0) is 10.8 Å². The highest BCUT2D eigenvalue weighted by Crippen LogP contribution is 2.67. The molecule has 0 spiro atoms. The number of benzene rings is 6. The summed E-state index contributed by atoms with van der Waals surface area (Å²) in [5.74, 6) is 2.58. The van der Waals surface area contributed by atoms with E-state index in [4.69, 9.17) is 14.2 Å². The molecule has 0 radical (unpaired) electrons. The molecule has 54 heavy (non-hydrogen) atoms. The molecule has 0 N–H and O–H groups in total. The van der Waals surface area contributed by atoms with Crippen molar-refractivity contribution >= 4 is 21.8 Å². The van der Waals surface area contributed by atoms with Gasteiger partial charge in [-0.3, -0.25) is 4.98 Å². The van der Waals surface area contributed by atoms with Gasteiger partial charge in [-0.2, -0.15) is 0 Å². The molecular weight excluding hydrogens is 665 g/mol. The number of para-hydroxylation sites is 1. The summed E-state index contributed by atoms with van der Waals surface area (Å²) in [5, 5.41) is 2.33. The number of pyridine rings is 1. The average Bonchev–Trinajstić information content (AvgIpc) is 3.56. The molecule has 5 nitrogen and oxygen atoms in total. The van der Waals surface area contributed by atoms with Crippen LogP contribution in [0.4, 0.5) is 0 Å². The van der Waals surface area contributed by atoms with Gasteiger partial charge < -0.3 is 18.8 Å². The molecule has 0 amide bonds. The lowest BCUT2D eigenvalue weighted by atomic mass is 9.44. The number of fused-ring (bicyclic) bond motifs is 3. The maximum Gasteiger partial charge on any atom is 0.119 e. The Morgan fingerprint density at radius 2 is 0.944 bits per heavy atom. The van der Waals surface area contributed by atoms with E-state index in [1.165, 1.54) is 49.9 Å². The molecule has 0 unspecified atom stereocenters. The maximum atomic E-state index is 6.29. The van der Waals surface area contributed by atoms with E-state index in [1.54, 1.807) is 0 Å². The molecule has 2 bridgehead atoms. The van der Waals surface area contributed by atoms with Crippen molar-refractivity contribution < 1.29 is 14.2 Å². The van der Waals surface area contributed by atoms with Crippen LogP contribution >= 0.6 is 0 Å². The van der Waals surface area contributed by atoms with E-state index >= 15 is 0 Å². The third-order valence-corrected chi connectivity index (χ3v) is 11.6. The Bertz CT molecular complexity index is 2600. The fraction of sp³-hybridized carbons (Fsp3) is 0.163. The van der Waals surface area contributed by atoms with Gasteiger partial charge in [0.15, 0.2) is 0 Å². The third kappa shape index (κ3) is 4.29. The van der Waals surface area contributed by atoms with Gasteiger partial charge in [0.2, 0.25) is 0 Å². The van der Waals surface area contributed by atoms with Crippen LogP contribution in [0.3, 0.4) is 0 Å². The van der Waals surface area contributed by atoms with Crippen molar-refractivity contribution in [2.24, 2.45) is 0 Å². The molecule has 2 aromatic heterocycles. The van der Waals surface area contributed by atoms with E-state index < -0.39 is 10.8 Å². The van der Waals surface area contributed by atoms with Gasteiger partial charge in [-0.25, -0.2) is 0 Å². The summed E-state index contributed by atoms with van der Waals surface area (Å²) in [6, 6.07) is 51.0. The van der Waals surface area contributed by atoms with E-state index in [1.807, 2.05) is 33.2 Å². The highest BCUT2D eigenvalue weighted by molar-refractivity contribution is 6.08. The Hall–Kier alpha value is -6.33. The minimum Gasteiger partial charge on any atom is -0.494 e. The first-order chi connectivity index (χ1) is 26.6. The van der Waals surface area contributed by atoms with Gasteiger partial charge in [0, 0.05) is 28.9 Å². The van der Waals surface area contributed by atoms with Crippen LogP contribution in [0.25, 0.3) is 27.5 Å². The smallest absolute Gasteiger partial charge is 0.119 e. The topological polar surface area (TPSA) is 45.5 Å². The number of hydrogen-bond acceptors (Lipinski definition) is 4. The van der Waals surface area contributed by atoms with E-state index in [9.17, 15) is 0 Å². The molecule has 264 valence electrons. The fourth-order valence-corrected chi connectivity index (χ4v) is 9.70. The minimum absolute atomic E-state index is 0.581. The normalized spacial score (nSPS) is 17.9. The lowest BCUT2D eigenvalue weighted by Crippen LogP contribution is -2.52. The SMILES string of the molecule is CCOc1ccc2c(c1)C1(c3ccccc3)c3ccc(OCC)cc3C2(c2ccc(-n3c4ccccc4c4cnccc43)cc2)c2cc(OCC)ccc21. The number of nitrogens with zero attached hydrogens (tertiary/aromatic N) is 2. The van der Waals surface area contributed by atoms with Crippen LogP contribution in [0.1, 0.15) is 65.3 Å². The van der Waals surface area contributed by atoms with E-state index in [0.29, 0.717) is 19.8 Å². The van der Waals surface area contributed by atoms with Crippen LogP contribution in [0.5, 0.6) is 17.2 Å². The van der Waals surface area contributed by atoms with E-state index in [0.717, 1.165) is 39.4 Å². The van der Waals surface area contributed by atoms with Crippen molar-refractivity contribution in [2.45, 2.75) is 31.6 Å². The molecule has 6 aromatic carbocycles. The number of aromatic nitrogens is 2. The predicted molar refractivity (Wildman–Crippen MR) is 216 cm³/mol. The van der Waals surface area contributed by atoms with Gasteiger partial charge in [-0.05, 0) is 126 Å². The fourth-order valence-electron chi connectivity index (χ4n) is 9.70. The molecule has 0 saturated carbocycles. The van der Waals surface area contributed by atoms with Gasteiger partial charge in [-0.15, -0.1) is 0 Å². The van der Waals surface area contributed by atoms with Crippen molar-refractivity contribution in [1.82, 2.24) is 9.55 Å². The molecule has 3 aliphatic carbocycles. The summed E-state index contributed by atoms with van der Waals surface area (Å²) in [4.78, 5) is 4.48. The zero-order valence-corrected chi connectivity index (χ0v) is 30.7. The zero-order valence-electron chi connectivity index (χ0n) is 30.7. The standard InChI is InChI=1S/C49H40N2O3/c1-4-52-35-22-25-42-43(28-35)48(32-12-8-7-9-13-32)40-23-20-36(53-5-2)29-44(40)49(42,45-30-37(54-6-3)21-24-41(45)48)33-16-18-34(19-17-33)51-46-15-11-10-14-38(46)39-31-50-27-26-47(39)51/h7-31H,4-6H2,1-3H3. The number of hydrogen-bond donors (Lipinski definition) is 0. The summed E-state index contributed by atoms with van der Waals surface area (Å²) in [6.45, 7) is 7.89. The van der Waals surface area contributed by atoms with Crippen LogP contribution in [0, 0.1) is 0 Å². The molecule has 3 aliphatic rings. The molecule has 0 saturated heterocycles. The van der Waals surface area contributed by atoms with Gasteiger partial charge in [-0.1, -0.05) is 78.9 Å². The first-order valence-corrected chi connectivity index (χ1v) is 19.0. The quantitative estimate of drug-likeness (QED) is 0.150. The molecule has 2 heterocycles. The van der Waals surface area contributed by atoms with Crippen molar-refractivity contribution in [1.29, 1.82) is 0 Å². The molecule has 0 atom stereocenters. The van der Waals surface area contributed by atoms with Gasteiger partial charge in [0.1, 0.15) is 17.2 Å².